The third-order valence-electron chi connectivity index (χ3n) is 14.1. The van der Waals surface area contributed by atoms with Gasteiger partial charge in [-0.2, -0.15) is 8.42 Å². The van der Waals surface area contributed by atoms with Crippen LogP contribution >= 0.6 is 0 Å². The second-order valence-corrected chi connectivity index (χ2v) is 21.6. The third-order valence-corrected chi connectivity index (χ3v) is 14.5. The van der Waals surface area contributed by atoms with Crippen LogP contribution in [0.5, 0.6) is 0 Å². The predicted molar refractivity (Wildman–Crippen MR) is 282 cm³/mol. The van der Waals surface area contributed by atoms with E-state index < -0.39 is 59.9 Å². The molecule has 0 radical (unpaired) electrons. The van der Waals surface area contributed by atoms with Crippen LogP contribution < -0.4 is 5.32 Å². The Morgan fingerprint density at radius 3 is 1.30 bits per heavy atom. The molecule has 1 aliphatic heterocycles. The Labute approximate surface area is 423 Å². The highest BCUT2D eigenvalue weighted by atomic mass is 32.3. The molecule has 0 aromatic rings. The molecule has 7 atom stereocenters. The maximum Gasteiger partial charge on any atom is 0.397 e. The van der Waals surface area contributed by atoms with Crippen LogP contribution in [0.2, 0.25) is 0 Å². The quantitative estimate of drug-likeness (QED) is 0.0193. The number of nitrogens with one attached hydrogen (secondary N) is 1. The van der Waals surface area contributed by atoms with Crippen molar-refractivity contribution in [1.82, 2.24) is 5.32 Å². The summed E-state index contributed by atoms with van der Waals surface area (Å²) in [6.45, 7) is 3.49. The first-order valence-corrected chi connectivity index (χ1v) is 30.4. The zero-order chi connectivity index (χ0) is 50.5. The van der Waals surface area contributed by atoms with Crippen LogP contribution in [0.3, 0.4) is 0 Å². The van der Waals surface area contributed by atoms with Gasteiger partial charge in [0.25, 0.3) is 0 Å². The number of allylic oxidation sites excluding steroid dienone is 2. The van der Waals surface area contributed by atoms with E-state index in [9.17, 15) is 38.2 Å². The van der Waals surface area contributed by atoms with Gasteiger partial charge in [0.05, 0.1) is 25.4 Å². The smallest absolute Gasteiger partial charge is 0.394 e. The van der Waals surface area contributed by atoms with Gasteiger partial charge in [0.1, 0.15) is 24.4 Å². The molecular weight excluding hydrogens is 895 g/mol. The van der Waals surface area contributed by atoms with Gasteiger partial charge in [-0.1, -0.05) is 251 Å². The summed E-state index contributed by atoms with van der Waals surface area (Å²) < 4.78 is 47.9. The number of ether oxygens (including phenoxy) is 2. The summed E-state index contributed by atoms with van der Waals surface area (Å²) in [6, 6.07) is -0.859. The molecule has 7 unspecified atom stereocenters. The highest BCUT2D eigenvalue weighted by Gasteiger charge is 2.48. The number of unbranched alkanes of at least 4 members (excludes halogenated alkanes) is 37. The number of amides is 1. The third kappa shape index (κ3) is 39.0. The van der Waals surface area contributed by atoms with Crippen LogP contribution in [0.15, 0.2) is 12.2 Å². The van der Waals surface area contributed by atoms with Gasteiger partial charge in [-0.05, 0) is 38.5 Å². The molecule has 0 saturated carbocycles. The Morgan fingerprint density at radius 2 is 0.928 bits per heavy atom. The van der Waals surface area contributed by atoms with Crippen molar-refractivity contribution in [2.24, 2.45) is 0 Å². The number of aliphatic hydroxyl groups excluding tert-OH is 4. The van der Waals surface area contributed by atoms with Gasteiger partial charge < -0.3 is 35.2 Å². The van der Waals surface area contributed by atoms with E-state index in [4.69, 9.17) is 9.47 Å². The van der Waals surface area contributed by atoms with Crippen LogP contribution in [-0.4, -0.2) is 95.4 Å². The second kappa shape index (κ2) is 46.6. The lowest BCUT2D eigenvalue weighted by atomic mass is 9.99. The van der Waals surface area contributed by atoms with E-state index in [1.807, 2.05) is 0 Å². The standard InChI is InChI=1S/C56H109NO11S/c1-3-5-7-9-11-13-15-17-19-21-23-25-26-28-30-32-34-36-38-40-42-44-46-52(60)57-49(48-66-56-54(62)55(68-69(63,64)65)53(61)51(47-58)67-56)50(59)45-43-41-39-37-35-33-31-29-27-24-22-20-18-16-14-12-10-8-6-4-2/h26,28,49-51,53-56,58-59,61-62H,3-25,27,29-48H2,1-2H3,(H,57,60)(H,63,64,65)/b28-26-. The first kappa shape index (κ1) is 65.9. The van der Waals surface area contributed by atoms with Crippen LogP contribution in [0.1, 0.15) is 284 Å². The molecule has 12 nitrogen and oxygen atoms in total. The molecule has 1 aliphatic rings. The summed E-state index contributed by atoms with van der Waals surface area (Å²) in [5, 5.41) is 45.1. The molecule has 0 spiro atoms. The first-order chi connectivity index (χ1) is 33.5. The van der Waals surface area contributed by atoms with Crippen LogP contribution in [0, 0.1) is 0 Å². The normalized spacial score (nSPS) is 19.7. The van der Waals surface area contributed by atoms with Gasteiger partial charge in [-0.25, -0.2) is 4.18 Å². The largest absolute Gasteiger partial charge is 0.397 e. The Hall–Kier alpha value is -1.16. The van der Waals surface area contributed by atoms with E-state index in [0.717, 1.165) is 51.4 Å². The molecule has 1 saturated heterocycles. The minimum atomic E-state index is -5.08. The summed E-state index contributed by atoms with van der Waals surface area (Å²) in [4.78, 5) is 13.1. The Kier molecular flexibility index (Phi) is 44.5. The average Bonchev–Trinajstić information content (AvgIpc) is 3.32. The number of hydrogen-bond donors (Lipinski definition) is 6. The average molecular weight is 1000 g/mol. The SMILES string of the molecule is CCCCCCCCCCCCC/C=C\CCCCCCCCCC(=O)NC(COC1OC(CO)C(O)C(OS(=O)(=O)O)C1O)C(O)CCCCCCCCCCCCCCCCCCCCCC. The molecule has 1 amide bonds. The number of hydrogen-bond acceptors (Lipinski definition) is 10. The van der Waals surface area contributed by atoms with E-state index >= 15 is 0 Å². The van der Waals surface area contributed by atoms with Crippen molar-refractivity contribution in [2.45, 2.75) is 326 Å². The minimum Gasteiger partial charge on any atom is -0.394 e. The van der Waals surface area contributed by atoms with Crippen LogP contribution in [0.4, 0.5) is 0 Å². The molecule has 1 heterocycles. The van der Waals surface area contributed by atoms with Gasteiger partial charge >= 0.3 is 10.4 Å². The minimum absolute atomic E-state index is 0.229. The van der Waals surface area contributed by atoms with Crippen LogP contribution in [0.25, 0.3) is 0 Å². The molecule has 0 aromatic heterocycles. The van der Waals surface area contributed by atoms with E-state index in [2.05, 4.69) is 35.5 Å². The fraction of sp³-hybridized carbons (Fsp3) is 0.946. The molecule has 6 N–H and O–H groups in total. The Morgan fingerprint density at radius 1 is 0.565 bits per heavy atom. The van der Waals surface area contributed by atoms with E-state index in [0.29, 0.717) is 12.8 Å². The summed E-state index contributed by atoms with van der Waals surface area (Å²) in [7, 11) is -5.08. The number of rotatable bonds is 51. The number of aliphatic hydroxyl groups is 4. The topological polar surface area (TPSA) is 192 Å². The zero-order valence-electron chi connectivity index (χ0n) is 44.4. The predicted octanol–water partition coefficient (Wildman–Crippen LogP) is 13.5. The van der Waals surface area contributed by atoms with Crippen molar-refractivity contribution in [1.29, 1.82) is 0 Å². The van der Waals surface area contributed by atoms with Crippen molar-refractivity contribution >= 4 is 16.3 Å². The molecule has 69 heavy (non-hydrogen) atoms. The van der Waals surface area contributed by atoms with E-state index in [1.165, 1.54) is 199 Å². The molecular formula is C56H109NO11S. The Balaban J connectivity index is 2.36. The lowest BCUT2D eigenvalue weighted by Gasteiger charge is -2.41. The van der Waals surface area contributed by atoms with Crippen LogP contribution in [-0.2, 0) is 28.9 Å². The highest BCUT2D eigenvalue weighted by Crippen LogP contribution is 2.26. The molecule has 0 bridgehead atoms. The van der Waals surface area contributed by atoms with Crippen molar-refractivity contribution in [3.8, 4) is 0 Å². The lowest BCUT2D eigenvalue weighted by molar-refractivity contribution is -0.298. The highest BCUT2D eigenvalue weighted by molar-refractivity contribution is 7.80. The van der Waals surface area contributed by atoms with Gasteiger partial charge in [0, 0.05) is 6.42 Å². The van der Waals surface area contributed by atoms with Gasteiger partial charge in [0.2, 0.25) is 5.91 Å². The van der Waals surface area contributed by atoms with Crippen molar-refractivity contribution in [2.75, 3.05) is 13.2 Å². The maximum absolute atomic E-state index is 13.1. The first-order valence-electron chi connectivity index (χ1n) is 29.1. The zero-order valence-corrected chi connectivity index (χ0v) is 45.2. The van der Waals surface area contributed by atoms with Gasteiger partial charge in [-0.3, -0.25) is 9.35 Å². The molecule has 410 valence electrons. The van der Waals surface area contributed by atoms with Crippen molar-refractivity contribution < 1.29 is 51.8 Å². The molecule has 0 aromatic carbocycles. The summed E-state index contributed by atoms with van der Waals surface area (Å²) in [5.74, 6) is -0.229. The fourth-order valence-electron chi connectivity index (χ4n) is 9.57. The van der Waals surface area contributed by atoms with Crippen molar-refractivity contribution in [3.63, 3.8) is 0 Å². The maximum atomic E-state index is 13.1. The lowest BCUT2D eigenvalue weighted by Crippen LogP contribution is -2.61. The molecule has 13 heteroatoms. The monoisotopic (exact) mass is 1000 g/mol. The second-order valence-electron chi connectivity index (χ2n) is 20.6. The number of carbonyl (C=O) groups is 1. The van der Waals surface area contributed by atoms with Crippen molar-refractivity contribution in [3.05, 3.63) is 12.2 Å². The molecule has 1 fully saturated rings. The van der Waals surface area contributed by atoms with E-state index in [-0.39, 0.29) is 18.9 Å². The number of carbonyl (C=O) groups excluding carboxylic acids is 1. The Bertz CT molecular complexity index is 1270. The summed E-state index contributed by atoms with van der Waals surface area (Å²) in [6.07, 6.45) is 46.4. The van der Waals surface area contributed by atoms with Gasteiger partial charge in [-0.15, -0.1) is 0 Å². The van der Waals surface area contributed by atoms with E-state index in [1.54, 1.807) is 0 Å². The molecule has 0 aliphatic carbocycles. The summed E-state index contributed by atoms with van der Waals surface area (Å²) >= 11 is 0. The fourth-order valence-corrected chi connectivity index (χ4v) is 10.1. The molecule has 1 rings (SSSR count). The van der Waals surface area contributed by atoms with Gasteiger partial charge in [0.15, 0.2) is 6.29 Å². The summed E-state index contributed by atoms with van der Waals surface area (Å²) in [5.41, 5.74) is 0.